The van der Waals surface area contributed by atoms with Crippen LogP contribution in [-0.2, 0) is 16.3 Å². The molecule has 5 rings (SSSR count). The summed E-state index contributed by atoms with van der Waals surface area (Å²) in [6.07, 6.45) is 0.760. The Bertz CT molecular complexity index is 1610. The largest absolute Gasteiger partial charge is 0.497 e. The van der Waals surface area contributed by atoms with Gasteiger partial charge in [0, 0.05) is 22.5 Å². The highest BCUT2D eigenvalue weighted by Gasteiger charge is 2.17. The van der Waals surface area contributed by atoms with Gasteiger partial charge in [0.1, 0.15) is 5.75 Å². The van der Waals surface area contributed by atoms with E-state index >= 15 is 0 Å². The average molecular weight is 495 g/mol. The zero-order valence-electron chi connectivity index (χ0n) is 20.1. The third-order valence-corrected chi connectivity index (χ3v) is 7.86. The molecule has 0 radical (unpaired) electrons. The van der Waals surface area contributed by atoms with E-state index in [2.05, 4.69) is 22.4 Å². The molecular weight excluding hydrogens is 468 g/mol. The molecule has 0 atom stereocenters. The molecule has 1 N–H and O–H groups in total. The van der Waals surface area contributed by atoms with Gasteiger partial charge in [-0.25, -0.2) is 8.42 Å². The van der Waals surface area contributed by atoms with Crippen molar-refractivity contribution < 1.29 is 13.2 Å². The molecule has 0 saturated carbocycles. The third-order valence-electron chi connectivity index (χ3n) is 6.07. The van der Waals surface area contributed by atoms with Gasteiger partial charge in [0.25, 0.3) is 0 Å². The van der Waals surface area contributed by atoms with Gasteiger partial charge in [-0.3, -0.25) is 4.98 Å². The molecule has 1 aromatic heterocycles. The van der Waals surface area contributed by atoms with E-state index in [1.54, 1.807) is 43.5 Å². The minimum absolute atomic E-state index is 0.251. The van der Waals surface area contributed by atoms with Crippen LogP contribution in [0.4, 0.5) is 11.4 Å². The van der Waals surface area contributed by atoms with E-state index in [4.69, 9.17) is 4.74 Å². The van der Waals surface area contributed by atoms with Crippen LogP contribution >= 0.6 is 0 Å². The number of rotatable bonds is 7. The van der Waals surface area contributed by atoms with Crippen LogP contribution in [0, 0.1) is 6.92 Å². The summed E-state index contributed by atoms with van der Waals surface area (Å²) >= 11 is 0. The van der Waals surface area contributed by atoms with Crippen LogP contribution in [0.25, 0.3) is 10.9 Å². The second-order valence-electron chi connectivity index (χ2n) is 8.65. The van der Waals surface area contributed by atoms with Crippen molar-refractivity contribution in [2.75, 3.05) is 12.4 Å². The summed E-state index contributed by atoms with van der Waals surface area (Å²) in [5.41, 5.74) is 5.64. The van der Waals surface area contributed by atoms with Crippen molar-refractivity contribution in [3.8, 4) is 5.75 Å². The number of hydrogen-bond acceptors (Lipinski definition) is 5. The van der Waals surface area contributed by atoms with Crippen molar-refractivity contribution in [1.29, 1.82) is 0 Å². The van der Waals surface area contributed by atoms with Crippen molar-refractivity contribution in [1.82, 2.24) is 4.98 Å². The molecule has 0 aliphatic heterocycles. The van der Waals surface area contributed by atoms with Crippen LogP contribution in [0.1, 0.15) is 16.8 Å². The number of aryl methyl sites for hydroxylation is 1. The number of hydrogen-bond donors (Lipinski definition) is 1. The van der Waals surface area contributed by atoms with Crippen LogP contribution in [0.3, 0.4) is 0 Å². The summed E-state index contributed by atoms with van der Waals surface area (Å²) in [6.45, 7) is 1.94. The third kappa shape index (κ3) is 4.95. The van der Waals surface area contributed by atoms with E-state index in [1.807, 2.05) is 61.5 Å². The number of pyridine rings is 1. The van der Waals surface area contributed by atoms with Crippen molar-refractivity contribution in [2.24, 2.45) is 0 Å². The lowest BCUT2D eigenvalue weighted by molar-refractivity contribution is 0.415. The van der Waals surface area contributed by atoms with Gasteiger partial charge >= 0.3 is 0 Å². The SMILES string of the molecule is COc1ccc2nc(C)cc(Nc3ccc(S(=O)(=O)c4ccc(Cc5ccccc5)cc4)cc3)c2c1. The maximum absolute atomic E-state index is 13.2. The summed E-state index contributed by atoms with van der Waals surface area (Å²) in [6, 6.07) is 31.7. The van der Waals surface area contributed by atoms with Crippen molar-refractivity contribution in [3.63, 3.8) is 0 Å². The number of anilines is 2. The Morgan fingerprint density at radius 2 is 1.42 bits per heavy atom. The minimum atomic E-state index is -3.62. The van der Waals surface area contributed by atoms with Crippen molar-refractivity contribution >= 4 is 32.1 Å². The average Bonchev–Trinajstić information content (AvgIpc) is 2.90. The van der Waals surface area contributed by atoms with Crippen molar-refractivity contribution in [3.05, 3.63) is 120 Å². The number of ether oxygens (including phenoxy) is 1. The van der Waals surface area contributed by atoms with Gasteiger partial charge in [0.05, 0.1) is 22.4 Å². The number of methoxy groups -OCH3 is 1. The summed E-state index contributed by atoms with van der Waals surface area (Å²) < 4.78 is 31.8. The lowest BCUT2D eigenvalue weighted by atomic mass is 10.1. The molecule has 0 bridgehead atoms. The topological polar surface area (TPSA) is 68.3 Å². The Hall–Kier alpha value is -4.16. The second kappa shape index (κ2) is 9.84. The summed E-state index contributed by atoms with van der Waals surface area (Å²) in [7, 11) is -1.99. The highest BCUT2D eigenvalue weighted by Crippen LogP contribution is 2.30. The fourth-order valence-corrected chi connectivity index (χ4v) is 5.46. The van der Waals surface area contributed by atoms with Gasteiger partial charge in [0.15, 0.2) is 0 Å². The highest BCUT2D eigenvalue weighted by molar-refractivity contribution is 7.91. The number of aromatic nitrogens is 1. The molecule has 0 saturated heterocycles. The Balaban J connectivity index is 1.37. The first-order valence-electron chi connectivity index (χ1n) is 11.6. The lowest BCUT2D eigenvalue weighted by Gasteiger charge is -2.13. The van der Waals surface area contributed by atoms with Gasteiger partial charge in [-0.05, 0) is 85.1 Å². The van der Waals surface area contributed by atoms with Crippen LogP contribution in [0.15, 0.2) is 113 Å². The van der Waals surface area contributed by atoms with E-state index in [-0.39, 0.29) is 9.79 Å². The Kier molecular flexibility index (Phi) is 6.44. The van der Waals surface area contributed by atoms with Gasteiger partial charge in [-0.1, -0.05) is 42.5 Å². The standard InChI is InChI=1S/C30H26N2O3S/c1-21-18-30(28-20-25(35-2)12-17-29(28)31-21)32-24-10-15-27(16-11-24)36(33,34)26-13-8-23(9-14-26)19-22-6-4-3-5-7-22/h3-18,20H,19H2,1-2H3,(H,31,32). The fourth-order valence-electron chi connectivity index (χ4n) is 4.19. The molecule has 0 unspecified atom stereocenters. The predicted octanol–water partition coefficient (Wildman–Crippen LogP) is 6.72. The van der Waals surface area contributed by atoms with Crippen molar-refractivity contribution in [2.45, 2.75) is 23.1 Å². The van der Waals surface area contributed by atoms with Gasteiger partial charge in [-0.2, -0.15) is 0 Å². The van der Waals surface area contributed by atoms with Crippen LogP contribution in [-0.4, -0.2) is 20.5 Å². The Labute approximate surface area is 211 Å². The molecule has 0 aliphatic rings. The molecule has 0 amide bonds. The van der Waals surface area contributed by atoms with Gasteiger partial charge in [-0.15, -0.1) is 0 Å². The molecule has 5 nitrogen and oxygen atoms in total. The van der Waals surface area contributed by atoms with E-state index < -0.39 is 9.84 Å². The maximum atomic E-state index is 13.2. The normalized spacial score (nSPS) is 11.4. The van der Waals surface area contributed by atoms with E-state index in [1.165, 1.54) is 5.56 Å². The quantitative estimate of drug-likeness (QED) is 0.272. The number of fused-ring (bicyclic) bond motifs is 1. The van der Waals surface area contributed by atoms with Gasteiger partial charge < -0.3 is 10.1 Å². The first-order chi connectivity index (χ1) is 17.4. The van der Waals surface area contributed by atoms with Crippen LogP contribution in [0.2, 0.25) is 0 Å². The predicted molar refractivity (Wildman–Crippen MR) is 144 cm³/mol. The molecule has 0 spiro atoms. The first kappa shape index (κ1) is 23.6. The van der Waals surface area contributed by atoms with E-state index in [0.29, 0.717) is 0 Å². The molecule has 180 valence electrons. The minimum Gasteiger partial charge on any atom is -0.497 e. The van der Waals surface area contributed by atoms with Crippen LogP contribution in [0.5, 0.6) is 5.75 Å². The number of benzene rings is 4. The van der Waals surface area contributed by atoms with E-state index in [9.17, 15) is 8.42 Å². The summed E-state index contributed by atoms with van der Waals surface area (Å²) in [4.78, 5) is 5.12. The maximum Gasteiger partial charge on any atom is 0.206 e. The first-order valence-corrected chi connectivity index (χ1v) is 13.1. The molecule has 6 heteroatoms. The Morgan fingerprint density at radius 1 is 0.778 bits per heavy atom. The molecule has 5 aromatic rings. The second-order valence-corrected chi connectivity index (χ2v) is 10.6. The molecular formula is C30H26N2O3S. The zero-order chi connectivity index (χ0) is 25.1. The van der Waals surface area contributed by atoms with Crippen LogP contribution < -0.4 is 10.1 Å². The fraction of sp³-hybridized carbons (Fsp3) is 0.100. The Morgan fingerprint density at radius 3 is 2.08 bits per heavy atom. The summed E-state index contributed by atoms with van der Waals surface area (Å²) in [5, 5.41) is 4.32. The monoisotopic (exact) mass is 494 g/mol. The molecule has 0 aliphatic carbocycles. The molecule has 4 aromatic carbocycles. The lowest BCUT2D eigenvalue weighted by Crippen LogP contribution is -2.03. The molecule has 1 heterocycles. The summed E-state index contributed by atoms with van der Waals surface area (Å²) in [5.74, 6) is 0.743. The molecule has 36 heavy (non-hydrogen) atoms. The number of nitrogens with one attached hydrogen (secondary N) is 1. The van der Waals surface area contributed by atoms with Gasteiger partial charge in [0.2, 0.25) is 9.84 Å². The zero-order valence-corrected chi connectivity index (χ0v) is 20.9. The number of nitrogens with zero attached hydrogens (tertiary/aromatic N) is 1. The molecule has 0 fully saturated rings. The van der Waals surface area contributed by atoms with E-state index in [0.717, 1.165) is 45.7 Å². The highest BCUT2D eigenvalue weighted by atomic mass is 32.2. The number of sulfone groups is 1. The smallest absolute Gasteiger partial charge is 0.206 e.